The van der Waals surface area contributed by atoms with Gasteiger partial charge >= 0.3 is 5.97 Å². The molecule has 1 aromatic rings. The summed E-state index contributed by atoms with van der Waals surface area (Å²) in [5, 5.41) is 10.1. The number of carbonyl (C=O) groups excluding carboxylic acids is 2. The second-order valence-corrected chi connectivity index (χ2v) is 4.88. The summed E-state index contributed by atoms with van der Waals surface area (Å²) in [6, 6.07) is 7.79. The van der Waals surface area contributed by atoms with E-state index in [4.69, 9.17) is 0 Å². The van der Waals surface area contributed by atoms with E-state index in [9.17, 15) is 9.59 Å². The topological polar surface area (TPSA) is 107 Å². The third kappa shape index (κ3) is 4.19. The van der Waals surface area contributed by atoms with Crippen LogP contribution in [-0.2, 0) is 20.9 Å². The fourth-order valence-electron chi connectivity index (χ4n) is 1.74. The lowest BCUT2D eigenvalue weighted by Crippen LogP contribution is -2.45. The number of nitrogens with zero attached hydrogens (tertiary/aromatic N) is 3. The monoisotopic (exact) mass is 318 g/mol. The largest absolute Gasteiger partial charge is 0.463 e. The lowest BCUT2D eigenvalue weighted by atomic mass is 10.2. The standard InChI is InChI=1S/C14H18N6O3/c1-20(2)10-6-4-9(5-7-10)8-15-13(21)11-16-18-12(19-17-11)14(22)23-3/h4-7H,8H2,1-3H3,(H,15,21)(H,16,17)(H,18,19). The molecule has 0 atom stereocenters. The second kappa shape index (κ2) is 7.25. The van der Waals surface area contributed by atoms with Crippen molar-refractivity contribution in [1.29, 1.82) is 0 Å². The highest BCUT2D eigenvalue weighted by atomic mass is 16.5. The maximum absolute atomic E-state index is 12.0. The number of amidine groups is 2. The SMILES string of the molecule is COC(=O)C1=NNC(C(=O)NCc2ccc(N(C)C)cc2)=NN1. The third-order valence-corrected chi connectivity index (χ3v) is 3.05. The number of carbonyl (C=O) groups is 2. The number of hydrogen-bond donors (Lipinski definition) is 3. The fourth-order valence-corrected chi connectivity index (χ4v) is 1.74. The van der Waals surface area contributed by atoms with Gasteiger partial charge in [0.1, 0.15) is 0 Å². The van der Waals surface area contributed by atoms with Crippen LogP contribution in [0.15, 0.2) is 34.5 Å². The fraction of sp³-hybridized carbons (Fsp3) is 0.286. The van der Waals surface area contributed by atoms with Crippen LogP contribution >= 0.6 is 0 Å². The van der Waals surface area contributed by atoms with Gasteiger partial charge in [0.2, 0.25) is 5.84 Å². The van der Waals surface area contributed by atoms with Crippen LogP contribution in [0.1, 0.15) is 5.56 Å². The first-order chi connectivity index (χ1) is 11.0. The van der Waals surface area contributed by atoms with Gasteiger partial charge in [-0.05, 0) is 17.7 Å². The number of anilines is 1. The van der Waals surface area contributed by atoms with E-state index in [1.807, 2.05) is 43.3 Å². The summed E-state index contributed by atoms with van der Waals surface area (Å²) < 4.78 is 4.47. The second-order valence-electron chi connectivity index (χ2n) is 4.88. The molecule has 0 aliphatic carbocycles. The van der Waals surface area contributed by atoms with Crippen molar-refractivity contribution in [3.05, 3.63) is 29.8 Å². The Labute approximate surface area is 133 Å². The molecule has 0 saturated heterocycles. The summed E-state index contributed by atoms with van der Waals surface area (Å²) in [6.45, 7) is 0.348. The van der Waals surface area contributed by atoms with Crippen LogP contribution in [0.2, 0.25) is 0 Å². The average molecular weight is 318 g/mol. The predicted molar refractivity (Wildman–Crippen MR) is 85.8 cm³/mol. The van der Waals surface area contributed by atoms with Crippen LogP contribution in [-0.4, -0.2) is 44.8 Å². The molecule has 0 spiro atoms. The zero-order valence-corrected chi connectivity index (χ0v) is 13.1. The Bertz CT molecular complexity index is 651. The highest BCUT2D eigenvalue weighted by molar-refractivity contribution is 6.41. The smallest absolute Gasteiger partial charge is 0.377 e. The highest BCUT2D eigenvalue weighted by Gasteiger charge is 2.19. The van der Waals surface area contributed by atoms with Gasteiger partial charge < -0.3 is 15.0 Å². The molecule has 3 N–H and O–H groups in total. The number of amides is 1. The van der Waals surface area contributed by atoms with E-state index in [-0.39, 0.29) is 11.7 Å². The summed E-state index contributed by atoms with van der Waals surface area (Å²) in [6.07, 6.45) is 0. The quantitative estimate of drug-likeness (QED) is 0.624. The number of ether oxygens (including phenoxy) is 1. The molecule has 0 aromatic heterocycles. The Morgan fingerprint density at radius 2 is 1.74 bits per heavy atom. The zero-order chi connectivity index (χ0) is 16.8. The Hall–Kier alpha value is -3.10. The van der Waals surface area contributed by atoms with Crippen molar-refractivity contribution in [2.45, 2.75) is 6.54 Å². The molecule has 1 aromatic carbocycles. The minimum absolute atomic E-state index is 0.0393. The average Bonchev–Trinajstić information content (AvgIpc) is 2.59. The number of rotatable bonds is 5. The molecule has 2 rings (SSSR count). The number of benzene rings is 1. The first-order valence-corrected chi connectivity index (χ1v) is 6.81. The van der Waals surface area contributed by atoms with Crippen LogP contribution in [0.3, 0.4) is 0 Å². The van der Waals surface area contributed by atoms with Gasteiger partial charge in [-0.1, -0.05) is 12.1 Å². The van der Waals surface area contributed by atoms with Crippen molar-refractivity contribution in [2.24, 2.45) is 10.2 Å². The summed E-state index contributed by atoms with van der Waals surface area (Å²) in [7, 11) is 5.14. The van der Waals surface area contributed by atoms with Gasteiger partial charge in [0, 0.05) is 26.3 Å². The predicted octanol–water partition coefficient (Wildman–Crippen LogP) is -0.638. The summed E-state index contributed by atoms with van der Waals surface area (Å²) in [5.41, 5.74) is 6.78. The van der Waals surface area contributed by atoms with E-state index in [1.165, 1.54) is 7.11 Å². The van der Waals surface area contributed by atoms with Crippen molar-refractivity contribution >= 4 is 29.2 Å². The minimum Gasteiger partial charge on any atom is -0.463 e. The number of hydrazone groups is 2. The molecule has 1 heterocycles. The molecule has 0 unspecified atom stereocenters. The van der Waals surface area contributed by atoms with Gasteiger partial charge in [-0.2, -0.15) is 0 Å². The normalized spacial score (nSPS) is 13.0. The Morgan fingerprint density at radius 3 is 2.26 bits per heavy atom. The molecule has 0 fully saturated rings. The van der Waals surface area contributed by atoms with Gasteiger partial charge in [-0.3, -0.25) is 15.6 Å². The number of hydrogen-bond acceptors (Lipinski definition) is 8. The highest BCUT2D eigenvalue weighted by Crippen LogP contribution is 2.11. The van der Waals surface area contributed by atoms with Crippen LogP contribution in [0.4, 0.5) is 5.69 Å². The van der Waals surface area contributed by atoms with Crippen molar-refractivity contribution < 1.29 is 14.3 Å². The van der Waals surface area contributed by atoms with E-state index in [1.54, 1.807) is 0 Å². The molecule has 9 nitrogen and oxygen atoms in total. The van der Waals surface area contributed by atoms with Crippen molar-refractivity contribution in [2.75, 3.05) is 26.1 Å². The van der Waals surface area contributed by atoms with E-state index in [0.29, 0.717) is 6.54 Å². The summed E-state index contributed by atoms with van der Waals surface area (Å²) in [5.74, 6) is -1.28. The number of methoxy groups -OCH3 is 1. The lowest BCUT2D eigenvalue weighted by molar-refractivity contribution is -0.133. The molecule has 1 amide bonds. The summed E-state index contributed by atoms with van der Waals surface area (Å²) >= 11 is 0. The van der Waals surface area contributed by atoms with Gasteiger partial charge in [0.25, 0.3) is 11.7 Å². The Balaban J connectivity index is 1.86. The molecular weight excluding hydrogens is 300 g/mol. The van der Waals surface area contributed by atoms with Crippen LogP contribution in [0.25, 0.3) is 0 Å². The molecular formula is C14H18N6O3. The molecule has 23 heavy (non-hydrogen) atoms. The molecule has 1 aliphatic rings. The van der Waals surface area contributed by atoms with E-state index < -0.39 is 11.9 Å². The van der Waals surface area contributed by atoms with E-state index >= 15 is 0 Å². The van der Waals surface area contributed by atoms with Crippen LogP contribution in [0, 0.1) is 0 Å². The van der Waals surface area contributed by atoms with Gasteiger partial charge in [-0.25, -0.2) is 4.79 Å². The van der Waals surface area contributed by atoms with Crippen molar-refractivity contribution in [1.82, 2.24) is 16.2 Å². The third-order valence-electron chi connectivity index (χ3n) is 3.05. The van der Waals surface area contributed by atoms with Gasteiger partial charge in [0.15, 0.2) is 0 Å². The minimum atomic E-state index is -0.679. The Morgan fingerprint density at radius 1 is 1.13 bits per heavy atom. The molecule has 1 aliphatic heterocycles. The Kier molecular flexibility index (Phi) is 5.13. The van der Waals surface area contributed by atoms with Crippen LogP contribution < -0.4 is 21.1 Å². The molecule has 122 valence electrons. The number of nitrogens with one attached hydrogen (secondary N) is 3. The van der Waals surface area contributed by atoms with Crippen molar-refractivity contribution in [3.8, 4) is 0 Å². The first kappa shape index (κ1) is 16.3. The van der Waals surface area contributed by atoms with Crippen molar-refractivity contribution in [3.63, 3.8) is 0 Å². The maximum atomic E-state index is 12.0. The lowest BCUT2D eigenvalue weighted by Gasteiger charge is -2.14. The van der Waals surface area contributed by atoms with Gasteiger partial charge in [-0.15, -0.1) is 10.2 Å². The molecule has 0 radical (unpaired) electrons. The van der Waals surface area contributed by atoms with Gasteiger partial charge in [0.05, 0.1) is 7.11 Å². The zero-order valence-electron chi connectivity index (χ0n) is 13.1. The molecule has 0 bridgehead atoms. The summed E-state index contributed by atoms with van der Waals surface area (Å²) in [4.78, 5) is 25.1. The first-order valence-electron chi connectivity index (χ1n) is 6.81. The van der Waals surface area contributed by atoms with E-state index in [0.717, 1.165) is 11.3 Å². The maximum Gasteiger partial charge on any atom is 0.377 e. The molecule has 0 saturated carbocycles. The molecule has 9 heteroatoms. The number of esters is 1. The van der Waals surface area contributed by atoms with Crippen LogP contribution in [0.5, 0.6) is 0 Å². The van der Waals surface area contributed by atoms with E-state index in [2.05, 4.69) is 31.1 Å².